The summed E-state index contributed by atoms with van der Waals surface area (Å²) < 4.78 is 0. The Morgan fingerprint density at radius 3 is 2.19 bits per heavy atom. The first-order valence-electron chi connectivity index (χ1n) is 7.61. The molecule has 1 nitrogen and oxygen atoms in total. The number of benzene rings is 2. The summed E-state index contributed by atoms with van der Waals surface area (Å²) in [7, 11) is 0. The largest absolute Gasteiger partial charge is 0.310 e. The molecule has 2 atom stereocenters. The lowest BCUT2D eigenvalue weighted by Crippen LogP contribution is -2.27. The number of nitrogens with one attached hydrogen (secondary N) is 1. The molecule has 2 rings (SSSR count). The minimum Gasteiger partial charge on any atom is -0.310 e. The SMILES string of the molecule is CC(C)C(CN[C@@H](C)c1cccc(Cl)c1)c1ccccc1. The van der Waals surface area contributed by atoms with E-state index in [2.05, 4.69) is 62.5 Å². The maximum absolute atomic E-state index is 6.07. The zero-order chi connectivity index (χ0) is 15.2. The van der Waals surface area contributed by atoms with Gasteiger partial charge in [0.05, 0.1) is 0 Å². The summed E-state index contributed by atoms with van der Waals surface area (Å²) in [5.41, 5.74) is 2.64. The van der Waals surface area contributed by atoms with Crippen LogP contribution < -0.4 is 5.32 Å². The fourth-order valence-corrected chi connectivity index (χ4v) is 2.83. The molecule has 0 aliphatic rings. The summed E-state index contributed by atoms with van der Waals surface area (Å²) in [6, 6.07) is 19.1. The van der Waals surface area contributed by atoms with Crippen LogP contribution in [-0.2, 0) is 0 Å². The van der Waals surface area contributed by atoms with E-state index in [9.17, 15) is 0 Å². The van der Waals surface area contributed by atoms with Gasteiger partial charge in [0.2, 0.25) is 0 Å². The highest BCUT2D eigenvalue weighted by Gasteiger charge is 2.16. The molecule has 0 aliphatic heterocycles. The van der Waals surface area contributed by atoms with Crippen LogP contribution in [0.4, 0.5) is 0 Å². The van der Waals surface area contributed by atoms with E-state index < -0.39 is 0 Å². The number of hydrogen-bond acceptors (Lipinski definition) is 1. The maximum Gasteiger partial charge on any atom is 0.0409 e. The Kier molecular flexibility index (Phi) is 5.84. The highest BCUT2D eigenvalue weighted by Crippen LogP contribution is 2.25. The molecule has 0 saturated carbocycles. The molecule has 2 aromatic carbocycles. The minimum absolute atomic E-state index is 0.300. The molecule has 0 fully saturated rings. The summed E-state index contributed by atoms with van der Waals surface area (Å²) in [6.07, 6.45) is 0. The maximum atomic E-state index is 6.07. The molecule has 0 spiro atoms. The van der Waals surface area contributed by atoms with Gasteiger partial charge in [-0.3, -0.25) is 0 Å². The van der Waals surface area contributed by atoms with Crippen LogP contribution in [0.15, 0.2) is 54.6 Å². The number of rotatable bonds is 6. The Morgan fingerprint density at radius 2 is 1.57 bits per heavy atom. The van der Waals surface area contributed by atoms with Crippen molar-refractivity contribution in [2.75, 3.05) is 6.54 Å². The molecule has 21 heavy (non-hydrogen) atoms. The van der Waals surface area contributed by atoms with E-state index in [4.69, 9.17) is 11.6 Å². The van der Waals surface area contributed by atoms with Gasteiger partial charge < -0.3 is 5.32 Å². The van der Waals surface area contributed by atoms with E-state index >= 15 is 0 Å². The molecule has 0 aliphatic carbocycles. The van der Waals surface area contributed by atoms with Gasteiger partial charge in [-0.05, 0) is 42.0 Å². The molecule has 1 N–H and O–H groups in total. The molecule has 2 aromatic rings. The van der Waals surface area contributed by atoms with Crippen molar-refractivity contribution in [3.8, 4) is 0 Å². The van der Waals surface area contributed by atoms with Crippen molar-refractivity contribution in [3.63, 3.8) is 0 Å². The highest BCUT2D eigenvalue weighted by atomic mass is 35.5. The van der Waals surface area contributed by atoms with E-state index in [1.165, 1.54) is 11.1 Å². The van der Waals surface area contributed by atoms with Crippen molar-refractivity contribution in [1.82, 2.24) is 5.32 Å². The van der Waals surface area contributed by atoms with Gasteiger partial charge in [-0.2, -0.15) is 0 Å². The van der Waals surface area contributed by atoms with Crippen molar-refractivity contribution in [2.24, 2.45) is 5.92 Å². The first-order chi connectivity index (χ1) is 10.1. The monoisotopic (exact) mass is 301 g/mol. The van der Waals surface area contributed by atoms with Crippen LogP contribution in [0.25, 0.3) is 0 Å². The second-order valence-corrected chi connectivity index (χ2v) is 6.38. The van der Waals surface area contributed by atoms with Gasteiger partial charge >= 0.3 is 0 Å². The molecule has 112 valence electrons. The van der Waals surface area contributed by atoms with E-state index in [-0.39, 0.29) is 0 Å². The zero-order valence-corrected chi connectivity index (χ0v) is 13.8. The fraction of sp³-hybridized carbons (Fsp3) is 0.368. The topological polar surface area (TPSA) is 12.0 Å². The third-order valence-electron chi connectivity index (χ3n) is 4.03. The molecule has 1 unspecified atom stereocenters. The normalized spacial score (nSPS) is 14.1. The number of halogens is 1. The molecule has 2 heteroatoms. The lowest BCUT2D eigenvalue weighted by atomic mass is 9.88. The van der Waals surface area contributed by atoms with Crippen LogP contribution in [0.1, 0.15) is 43.9 Å². The van der Waals surface area contributed by atoms with Gasteiger partial charge in [-0.1, -0.05) is 67.9 Å². The Hall–Kier alpha value is -1.31. The van der Waals surface area contributed by atoms with E-state index in [0.717, 1.165) is 11.6 Å². The third kappa shape index (κ3) is 4.59. The molecule has 0 amide bonds. The van der Waals surface area contributed by atoms with Gasteiger partial charge in [-0.25, -0.2) is 0 Å². The molecular formula is C19H24ClN. The van der Waals surface area contributed by atoms with Crippen LogP contribution in [0.2, 0.25) is 5.02 Å². The average Bonchev–Trinajstić information content (AvgIpc) is 2.48. The predicted octanol–water partition coefficient (Wildman–Crippen LogP) is 5.43. The second kappa shape index (κ2) is 7.63. The van der Waals surface area contributed by atoms with E-state index in [1.807, 2.05) is 18.2 Å². The molecule has 0 aromatic heterocycles. The smallest absolute Gasteiger partial charge is 0.0409 e. The molecule has 0 radical (unpaired) electrons. The molecule has 0 bridgehead atoms. The minimum atomic E-state index is 0.300. The van der Waals surface area contributed by atoms with Crippen LogP contribution >= 0.6 is 11.6 Å². The summed E-state index contributed by atoms with van der Waals surface area (Å²) in [6.45, 7) is 7.72. The molecule has 0 saturated heterocycles. The summed E-state index contributed by atoms with van der Waals surface area (Å²) in [5, 5.41) is 4.44. The standard InChI is InChI=1S/C19H24ClN/c1-14(2)19(16-8-5-4-6-9-16)13-21-15(3)17-10-7-11-18(20)12-17/h4-12,14-15,19,21H,13H2,1-3H3/t15-,19?/m0/s1. The van der Waals surface area contributed by atoms with Crippen molar-refractivity contribution in [1.29, 1.82) is 0 Å². The van der Waals surface area contributed by atoms with Gasteiger partial charge in [0.15, 0.2) is 0 Å². The fourth-order valence-electron chi connectivity index (χ4n) is 2.64. The number of hydrogen-bond donors (Lipinski definition) is 1. The Labute approximate surface area is 133 Å². The lowest BCUT2D eigenvalue weighted by Gasteiger charge is -2.24. The Morgan fingerprint density at radius 1 is 0.905 bits per heavy atom. The first kappa shape index (κ1) is 16.1. The van der Waals surface area contributed by atoms with E-state index in [0.29, 0.717) is 17.9 Å². The highest BCUT2D eigenvalue weighted by molar-refractivity contribution is 6.30. The second-order valence-electron chi connectivity index (χ2n) is 5.95. The van der Waals surface area contributed by atoms with Gasteiger partial charge in [0.1, 0.15) is 0 Å². The van der Waals surface area contributed by atoms with Crippen LogP contribution in [0.5, 0.6) is 0 Å². The van der Waals surface area contributed by atoms with Crippen molar-refractivity contribution in [2.45, 2.75) is 32.7 Å². The zero-order valence-electron chi connectivity index (χ0n) is 13.0. The Balaban J connectivity index is 2.02. The van der Waals surface area contributed by atoms with Crippen LogP contribution in [0, 0.1) is 5.92 Å². The Bertz CT molecular complexity index is 551. The van der Waals surface area contributed by atoms with Crippen molar-refractivity contribution >= 4 is 11.6 Å². The van der Waals surface area contributed by atoms with E-state index in [1.54, 1.807) is 0 Å². The first-order valence-corrected chi connectivity index (χ1v) is 7.99. The quantitative estimate of drug-likeness (QED) is 0.750. The summed E-state index contributed by atoms with van der Waals surface area (Å²) >= 11 is 6.07. The molecule has 0 heterocycles. The van der Waals surface area contributed by atoms with Crippen LogP contribution in [-0.4, -0.2) is 6.54 Å². The van der Waals surface area contributed by atoms with Crippen molar-refractivity contribution in [3.05, 3.63) is 70.7 Å². The third-order valence-corrected chi connectivity index (χ3v) is 4.26. The van der Waals surface area contributed by atoms with Crippen LogP contribution in [0.3, 0.4) is 0 Å². The average molecular weight is 302 g/mol. The van der Waals surface area contributed by atoms with Crippen molar-refractivity contribution < 1.29 is 0 Å². The predicted molar refractivity (Wildman–Crippen MR) is 91.9 cm³/mol. The van der Waals surface area contributed by atoms with Gasteiger partial charge in [0.25, 0.3) is 0 Å². The molecular weight excluding hydrogens is 278 g/mol. The van der Waals surface area contributed by atoms with Gasteiger partial charge in [0, 0.05) is 17.6 Å². The summed E-state index contributed by atoms with van der Waals surface area (Å²) in [5.74, 6) is 1.12. The summed E-state index contributed by atoms with van der Waals surface area (Å²) in [4.78, 5) is 0. The lowest BCUT2D eigenvalue weighted by molar-refractivity contribution is 0.436. The van der Waals surface area contributed by atoms with Gasteiger partial charge in [-0.15, -0.1) is 0 Å².